The number of aryl methyl sites for hydroxylation is 1. The molecule has 2 N–H and O–H groups in total. The van der Waals surface area contributed by atoms with E-state index in [0.717, 1.165) is 23.1 Å². The van der Waals surface area contributed by atoms with Crippen molar-refractivity contribution in [3.05, 3.63) is 65.9 Å². The van der Waals surface area contributed by atoms with Gasteiger partial charge in [-0.05, 0) is 42.2 Å². The Labute approximate surface area is 148 Å². The van der Waals surface area contributed by atoms with Gasteiger partial charge >= 0.3 is 0 Å². The largest absolute Gasteiger partial charge is 0.467 e. The molecule has 5 heteroatoms. The Bertz CT molecular complexity index is 818. The summed E-state index contributed by atoms with van der Waals surface area (Å²) in [4.78, 5) is 8.88. The van der Waals surface area contributed by atoms with Crippen LogP contribution in [0.25, 0.3) is 0 Å². The van der Waals surface area contributed by atoms with Crippen LogP contribution in [0, 0.1) is 6.92 Å². The van der Waals surface area contributed by atoms with Gasteiger partial charge in [0, 0.05) is 11.8 Å². The summed E-state index contributed by atoms with van der Waals surface area (Å²) < 4.78 is 5.33. The van der Waals surface area contributed by atoms with Crippen LogP contribution < -0.4 is 10.6 Å². The lowest BCUT2D eigenvalue weighted by molar-refractivity contribution is 0.518. The highest BCUT2D eigenvalue weighted by Crippen LogP contribution is 2.25. The van der Waals surface area contributed by atoms with Crippen LogP contribution in [0.1, 0.15) is 37.9 Å². The fourth-order valence-corrected chi connectivity index (χ4v) is 2.51. The summed E-state index contributed by atoms with van der Waals surface area (Å²) in [7, 11) is 0. The second-order valence-corrected chi connectivity index (χ2v) is 7.07. The summed E-state index contributed by atoms with van der Waals surface area (Å²) in [6, 6.07) is 14.1. The van der Waals surface area contributed by atoms with Crippen molar-refractivity contribution in [1.29, 1.82) is 0 Å². The quantitative estimate of drug-likeness (QED) is 0.684. The zero-order chi connectivity index (χ0) is 17.9. The molecule has 3 aromatic rings. The highest BCUT2D eigenvalue weighted by molar-refractivity contribution is 5.59. The van der Waals surface area contributed by atoms with Gasteiger partial charge in [-0.2, -0.15) is 0 Å². The van der Waals surface area contributed by atoms with Gasteiger partial charge in [0.15, 0.2) is 0 Å². The molecule has 5 nitrogen and oxygen atoms in total. The fourth-order valence-electron chi connectivity index (χ4n) is 2.51. The minimum Gasteiger partial charge on any atom is -0.467 e. The van der Waals surface area contributed by atoms with Crippen molar-refractivity contribution in [3.8, 4) is 0 Å². The molecule has 0 aliphatic carbocycles. The molecule has 0 bridgehead atoms. The van der Waals surface area contributed by atoms with E-state index in [1.807, 2.05) is 25.1 Å². The van der Waals surface area contributed by atoms with Crippen LogP contribution in [0.2, 0.25) is 0 Å². The summed E-state index contributed by atoms with van der Waals surface area (Å²) in [6.07, 6.45) is 1.66. The van der Waals surface area contributed by atoms with Crippen LogP contribution in [-0.4, -0.2) is 9.97 Å². The topological polar surface area (TPSA) is 63.0 Å². The maximum Gasteiger partial charge on any atom is 0.136 e. The van der Waals surface area contributed by atoms with Gasteiger partial charge in [-0.1, -0.05) is 32.9 Å². The van der Waals surface area contributed by atoms with E-state index in [9.17, 15) is 0 Å². The second-order valence-electron chi connectivity index (χ2n) is 7.07. The molecule has 0 spiro atoms. The van der Waals surface area contributed by atoms with Gasteiger partial charge in [-0.15, -0.1) is 0 Å². The Morgan fingerprint density at radius 1 is 1.00 bits per heavy atom. The summed E-state index contributed by atoms with van der Waals surface area (Å²) >= 11 is 0. The van der Waals surface area contributed by atoms with E-state index in [2.05, 4.69) is 65.6 Å². The van der Waals surface area contributed by atoms with Gasteiger partial charge in [0.2, 0.25) is 0 Å². The number of benzene rings is 1. The van der Waals surface area contributed by atoms with Gasteiger partial charge in [-0.3, -0.25) is 0 Å². The molecule has 0 fully saturated rings. The Kier molecular flexibility index (Phi) is 4.74. The zero-order valence-corrected chi connectivity index (χ0v) is 15.1. The van der Waals surface area contributed by atoms with E-state index in [1.54, 1.807) is 6.26 Å². The van der Waals surface area contributed by atoms with Crippen LogP contribution in [-0.2, 0) is 12.0 Å². The first kappa shape index (κ1) is 17.0. The van der Waals surface area contributed by atoms with Crippen LogP contribution in [0.3, 0.4) is 0 Å². The van der Waals surface area contributed by atoms with Crippen molar-refractivity contribution in [2.75, 3.05) is 10.6 Å². The Balaban J connectivity index is 1.71. The monoisotopic (exact) mass is 336 g/mol. The number of hydrogen-bond acceptors (Lipinski definition) is 5. The molecule has 0 radical (unpaired) electrons. The van der Waals surface area contributed by atoms with E-state index in [4.69, 9.17) is 4.42 Å². The van der Waals surface area contributed by atoms with E-state index in [0.29, 0.717) is 12.4 Å². The number of aromatic nitrogens is 2. The standard InChI is InChI=1S/C20H24N4O/c1-14-22-18(21-13-17-6-5-11-25-17)12-19(23-14)24-16-9-7-15(8-10-16)20(2,3)4/h5-12H,13H2,1-4H3,(H2,21,22,23,24). The smallest absolute Gasteiger partial charge is 0.136 e. The molecule has 1 aromatic carbocycles. The number of nitrogens with zero attached hydrogens (tertiary/aromatic N) is 2. The van der Waals surface area contributed by atoms with E-state index >= 15 is 0 Å². The molecular weight excluding hydrogens is 312 g/mol. The molecular formula is C20H24N4O. The van der Waals surface area contributed by atoms with Crippen molar-refractivity contribution >= 4 is 17.3 Å². The predicted octanol–water partition coefficient (Wildman–Crippen LogP) is 5.03. The van der Waals surface area contributed by atoms with Crippen molar-refractivity contribution in [1.82, 2.24) is 9.97 Å². The molecule has 0 atom stereocenters. The number of nitrogens with one attached hydrogen (secondary N) is 2. The lowest BCUT2D eigenvalue weighted by atomic mass is 9.87. The van der Waals surface area contributed by atoms with Crippen LogP contribution in [0.15, 0.2) is 53.1 Å². The average Bonchev–Trinajstić information content (AvgIpc) is 3.05. The van der Waals surface area contributed by atoms with Crippen molar-refractivity contribution in [2.45, 2.75) is 39.7 Å². The van der Waals surface area contributed by atoms with Gasteiger partial charge < -0.3 is 15.1 Å². The molecule has 0 saturated carbocycles. The minimum atomic E-state index is 0.146. The summed E-state index contributed by atoms with van der Waals surface area (Å²) in [5.74, 6) is 3.09. The Morgan fingerprint density at radius 3 is 2.36 bits per heavy atom. The number of furan rings is 1. The molecule has 2 heterocycles. The number of rotatable bonds is 5. The third-order valence-corrected chi connectivity index (χ3v) is 3.89. The maximum absolute atomic E-state index is 5.33. The third kappa shape index (κ3) is 4.59. The molecule has 0 amide bonds. The first-order chi connectivity index (χ1) is 11.9. The summed E-state index contributed by atoms with van der Waals surface area (Å²) in [5, 5.41) is 6.60. The molecule has 0 aliphatic rings. The third-order valence-electron chi connectivity index (χ3n) is 3.89. The first-order valence-corrected chi connectivity index (χ1v) is 8.40. The van der Waals surface area contributed by atoms with Crippen LogP contribution >= 0.6 is 0 Å². The maximum atomic E-state index is 5.33. The van der Waals surface area contributed by atoms with Crippen molar-refractivity contribution in [3.63, 3.8) is 0 Å². The lowest BCUT2D eigenvalue weighted by Gasteiger charge is -2.19. The SMILES string of the molecule is Cc1nc(NCc2ccco2)cc(Nc2ccc(C(C)(C)C)cc2)n1. The van der Waals surface area contributed by atoms with E-state index in [-0.39, 0.29) is 5.41 Å². The van der Waals surface area contributed by atoms with Crippen molar-refractivity contribution < 1.29 is 4.42 Å². The van der Waals surface area contributed by atoms with E-state index in [1.165, 1.54) is 5.56 Å². The highest BCUT2D eigenvalue weighted by Gasteiger charge is 2.13. The molecule has 25 heavy (non-hydrogen) atoms. The average molecular weight is 336 g/mol. The molecule has 0 unspecified atom stereocenters. The Morgan fingerprint density at radius 2 is 1.72 bits per heavy atom. The molecule has 2 aromatic heterocycles. The first-order valence-electron chi connectivity index (χ1n) is 8.40. The lowest BCUT2D eigenvalue weighted by Crippen LogP contribution is -2.10. The Hall–Kier alpha value is -2.82. The number of hydrogen-bond donors (Lipinski definition) is 2. The van der Waals surface area contributed by atoms with Gasteiger partial charge in [0.1, 0.15) is 23.2 Å². The normalized spacial score (nSPS) is 11.4. The van der Waals surface area contributed by atoms with Crippen LogP contribution in [0.4, 0.5) is 17.3 Å². The highest BCUT2D eigenvalue weighted by atomic mass is 16.3. The molecule has 0 saturated heterocycles. The molecule has 0 aliphatic heterocycles. The second kappa shape index (κ2) is 6.97. The van der Waals surface area contributed by atoms with Crippen molar-refractivity contribution in [2.24, 2.45) is 0 Å². The predicted molar refractivity (Wildman–Crippen MR) is 101 cm³/mol. The summed E-state index contributed by atoms with van der Waals surface area (Å²) in [5.41, 5.74) is 2.45. The van der Waals surface area contributed by atoms with Crippen LogP contribution in [0.5, 0.6) is 0 Å². The van der Waals surface area contributed by atoms with Gasteiger partial charge in [0.05, 0.1) is 12.8 Å². The fraction of sp³-hybridized carbons (Fsp3) is 0.300. The van der Waals surface area contributed by atoms with E-state index < -0.39 is 0 Å². The summed E-state index contributed by atoms with van der Waals surface area (Å²) in [6.45, 7) is 9.09. The number of anilines is 3. The minimum absolute atomic E-state index is 0.146. The zero-order valence-electron chi connectivity index (χ0n) is 15.1. The van der Waals surface area contributed by atoms with Gasteiger partial charge in [-0.25, -0.2) is 9.97 Å². The molecule has 130 valence electrons. The van der Waals surface area contributed by atoms with Gasteiger partial charge in [0.25, 0.3) is 0 Å². The molecule has 3 rings (SSSR count).